The number of rotatable bonds is 3. The molecule has 2 aliphatic rings. The molecule has 1 aliphatic heterocycles. The van der Waals surface area contributed by atoms with E-state index in [1.165, 1.54) is 24.1 Å². The van der Waals surface area contributed by atoms with Crippen molar-refractivity contribution in [3.8, 4) is 0 Å². The van der Waals surface area contributed by atoms with Gasteiger partial charge in [0.2, 0.25) is 0 Å². The predicted octanol–water partition coefficient (Wildman–Crippen LogP) is 1.16. The van der Waals surface area contributed by atoms with Crippen LogP contribution in [0.25, 0.3) is 0 Å². The first-order valence-electron chi connectivity index (χ1n) is 7.08. The largest absolute Gasteiger partial charge is 0.379 e. The summed E-state index contributed by atoms with van der Waals surface area (Å²) in [4.78, 5) is 2.48. The van der Waals surface area contributed by atoms with E-state index in [-0.39, 0.29) is 6.04 Å². The van der Waals surface area contributed by atoms with Crippen LogP contribution in [0.4, 0.5) is 0 Å². The Morgan fingerprint density at radius 2 is 2.11 bits per heavy atom. The molecule has 1 fully saturated rings. The van der Waals surface area contributed by atoms with Crippen LogP contribution < -0.4 is 5.73 Å². The maximum Gasteiger partial charge on any atom is 0.0594 e. The molecule has 1 aliphatic carbocycles. The fraction of sp³-hybridized carbons (Fsp3) is 0.714. The standard InChI is InChI=1S/C14H23N3O/c15-13-2-1-3-14-12(13)4-5-17(14)7-6-16-8-10-18-11-9-16/h4-5,13H,1-3,6-11,15H2. The highest BCUT2D eigenvalue weighted by atomic mass is 16.5. The van der Waals surface area contributed by atoms with Crippen LogP contribution in [-0.4, -0.2) is 42.3 Å². The Labute approximate surface area is 109 Å². The van der Waals surface area contributed by atoms with Crippen molar-refractivity contribution < 1.29 is 4.74 Å². The Kier molecular flexibility index (Phi) is 3.68. The van der Waals surface area contributed by atoms with E-state index in [0.29, 0.717) is 0 Å². The summed E-state index contributed by atoms with van der Waals surface area (Å²) in [6.07, 6.45) is 5.78. The van der Waals surface area contributed by atoms with E-state index < -0.39 is 0 Å². The van der Waals surface area contributed by atoms with Crippen molar-refractivity contribution >= 4 is 0 Å². The molecule has 2 N–H and O–H groups in total. The third-order valence-electron chi connectivity index (χ3n) is 4.20. The zero-order valence-corrected chi connectivity index (χ0v) is 11.0. The molecule has 0 bridgehead atoms. The summed E-state index contributed by atoms with van der Waals surface area (Å²) in [6, 6.07) is 2.48. The fourth-order valence-electron chi connectivity index (χ4n) is 3.08. The second kappa shape index (κ2) is 5.43. The minimum Gasteiger partial charge on any atom is -0.379 e. The molecule has 3 rings (SSSR count). The molecule has 0 aromatic carbocycles. The van der Waals surface area contributed by atoms with Crippen LogP contribution in [0.5, 0.6) is 0 Å². The second-order valence-corrected chi connectivity index (χ2v) is 5.36. The van der Waals surface area contributed by atoms with E-state index in [1.807, 2.05) is 0 Å². The van der Waals surface area contributed by atoms with Crippen LogP contribution >= 0.6 is 0 Å². The van der Waals surface area contributed by atoms with E-state index in [9.17, 15) is 0 Å². The number of fused-ring (bicyclic) bond motifs is 1. The van der Waals surface area contributed by atoms with Crippen LogP contribution in [0.3, 0.4) is 0 Å². The van der Waals surface area contributed by atoms with Crippen LogP contribution in [-0.2, 0) is 17.7 Å². The monoisotopic (exact) mass is 249 g/mol. The van der Waals surface area contributed by atoms with Crippen LogP contribution in [0.15, 0.2) is 12.3 Å². The lowest BCUT2D eigenvalue weighted by Gasteiger charge is -2.27. The Bertz CT molecular complexity index is 396. The highest BCUT2D eigenvalue weighted by Crippen LogP contribution is 2.28. The first-order chi connectivity index (χ1) is 8.84. The summed E-state index contributed by atoms with van der Waals surface area (Å²) in [5.41, 5.74) is 9.01. The molecule has 18 heavy (non-hydrogen) atoms. The van der Waals surface area contributed by atoms with E-state index in [1.54, 1.807) is 0 Å². The quantitative estimate of drug-likeness (QED) is 0.874. The van der Waals surface area contributed by atoms with Gasteiger partial charge in [-0.2, -0.15) is 0 Å². The van der Waals surface area contributed by atoms with Gasteiger partial charge < -0.3 is 15.0 Å². The molecular formula is C14H23N3O. The molecule has 0 radical (unpaired) electrons. The Hall–Kier alpha value is -0.840. The van der Waals surface area contributed by atoms with Crippen LogP contribution in [0, 0.1) is 0 Å². The summed E-state index contributed by atoms with van der Waals surface area (Å²) < 4.78 is 7.78. The lowest BCUT2D eigenvalue weighted by atomic mass is 9.94. The molecule has 0 saturated carbocycles. The highest BCUT2D eigenvalue weighted by molar-refractivity contribution is 5.28. The molecule has 4 heteroatoms. The first kappa shape index (κ1) is 12.2. The maximum atomic E-state index is 6.16. The Balaban J connectivity index is 1.62. The summed E-state index contributed by atoms with van der Waals surface area (Å²) in [5.74, 6) is 0. The molecule has 2 heterocycles. The summed E-state index contributed by atoms with van der Waals surface area (Å²) in [5, 5.41) is 0. The number of hydrogen-bond acceptors (Lipinski definition) is 3. The van der Waals surface area contributed by atoms with Crippen molar-refractivity contribution in [2.45, 2.75) is 31.8 Å². The van der Waals surface area contributed by atoms with E-state index in [0.717, 1.165) is 45.8 Å². The molecule has 1 atom stereocenters. The summed E-state index contributed by atoms with van der Waals surface area (Å²) in [6.45, 7) is 6.12. The van der Waals surface area contributed by atoms with Crippen molar-refractivity contribution in [1.82, 2.24) is 9.47 Å². The van der Waals surface area contributed by atoms with Gasteiger partial charge in [0.05, 0.1) is 13.2 Å². The predicted molar refractivity (Wildman–Crippen MR) is 71.6 cm³/mol. The van der Waals surface area contributed by atoms with Gasteiger partial charge in [-0.05, 0) is 30.9 Å². The summed E-state index contributed by atoms with van der Waals surface area (Å²) >= 11 is 0. The van der Waals surface area contributed by atoms with Gasteiger partial charge in [-0.25, -0.2) is 0 Å². The molecule has 1 saturated heterocycles. The second-order valence-electron chi connectivity index (χ2n) is 5.36. The van der Waals surface area contributed by atoms with Crippen molar-refractivity contribution in [3.63, 3.8) is 0 Å². The number of hydrogen-bond donors (Lipinski definition) is 1. The molecule has 4 nitrogen and oxygen atoms in total. The minimum atomic E-state index is 0.262. The number of morpholine rings is 1. The first-order valence-corrected chi connectivity index (χ1v) is 7.08. The average molecular weight is 249 g/mol. The zero-order valence-electron chi connectivity index (χ0n) is 11.0. The Morgan fingerprint density at radius 3 is 2.94 bits per heavy atom. The van der Waals surface area contributed by atoms with E-state index in [4.69, 9.17) is 10.5 Å². The van der Waals surface area contributed by atoms with Crippen LogP contribution in [0.1, 0.15) is 30.1 Å². The number of nitrogens with zero attached hydrogens (tertiary/aromatic N) is 2. The topological polar surface area (TPSA) is 43.4 Å². The van der Waals surface area contributed by atoms with Gasteiger partial charge in [0.15, 0.2) is 0 Å². The molecule has 1 aromatic rings. The third kappa shape index (κ3) is 2.46. The van der Waals surface area contributed by atoms with E-state index >= 15 is 0 Å². The van der Waals surface area contributed by atoms with Gasteiger partial charge in [0.25, 0.3) is 0 Å². The number of nitrogens with two attached hydrogens (primary N) is 1. The van der Waals surface area contributed by atoms with Gasteiger partial charge in [0.1, 0.15) is 0 Å². The van der Waals surface area contributed by atoms with Gasteiger partial charge >= 0.3 is 0 Å². The van der Waals surface area contributed by atoms with Gasteiger partial charge in [0, 0.05) is 44.1 Å². The normalized spacial score (nSPS) is 25.1. The van der Waals surface area contributed by atoms with Crippen LogP contribution in [0.2, 0.25) is 0 Å². The number of aromatic nitrogens is 1. The van der Waals surface area contributed by atoms with Gasteiger partial charge in [-0.1, -0.05) is 0 Å². The van der Waals surface area contributed by atoms with Crippen molar-refractivity contribution in [2.24, 2.45) is 5.73 Å². The third-order valence-corrected chi connectivity index (χ3v) is 4.20. The molecule has 0 amide bonds. The smallest absolute Gasteiger partial charge is 0.0594 e. The molecule has 100 valence electrons. The fourth-order valence-corrected chi connectivity index (χ4v) is 3.08. The lowest BCUT2D eigenvalue weighted by Crippen LogP contribution is -2.38. The molecular weight excluding hydrogens is 226 g/mol. The average Bonchev–Trinajstić information content (AvgIpc) is 2.82. The zero-order chi connectivity index (χ0) is 12.4. The SMILES string of the molecule is NC1CCCc2c1ccn2CCN1CCOCC1. The molecule has 0 spiro atoms. The van der Waals surface area contributed by atoms with Gasteiger partial charge in [-0.15, -0.1) is 0 Å². The van der Waals surface area contributed by atoms with Crippen molar-refractivity contribution in [3.05, 3.63) is 23.5 Å². The summed E-state index contributed by atoms with van der Waals surface area (Å²) in [7, 11) is 0. The van der Waals surface area contributed by atoms with E-state index in [2.05, 4.69) is 21.7 Å². The lowest BCUT2D eigenvalue weighted by molar-refractivity contribution is 0.0363. The molecule has 1 unspecified atom stereocenters. The van der Waals surface area contributed by atoms with Crippen molar-refractivity contribution in [1.29, 1.82) is 0 Å². The number of ether oxygens (including phenoxy) is 1. The van der Waals surface area contributed by atoms with Gasteiger partial charge in [-0.3, -0.25) is 4.90 Å². The highest BCUT2D eigenvalue weighted by Gasteiger charge is 2.20. The molecule has 1 aromatic heterocycles. The minimum absolute atomic E-state index is 0.262. The maximum absolute atomic E-state index is 6.16. The van der Waals surface area contributed by atoms with Crippen molar-refractivity contribution in [2.75, 3.05) is 32.8 Å². The Morgan fingerprint density at radius 1 is 1.28 bits per heavy atom.